The zero-order valence-electron chi connectivity index (χ0n) is 20.0. The molecule has 2 aromatic carbocycles. The lowest BCUT2D eigenvalue weighted by Crippen LogP contribution is -2.18. The van der Waals surface area contributed by atoms with Crippen LogP contribution in [0.3, 0.4) is 0 Å². The maximum atomic E-state index is 12.5. The van der Waals surface area contributed by atoms with Gasteiger partial charge < -0.3 is 20.1 Å². The molecule has 2 heterocycles. The average Bonchev–Trinajstić information content (AvgIpc) is 2.88. The van der Waals surface area contributed by atoms with Crippen LogP contribution in [0.15, 0.2) is 60.9 Å². The Bertz CT molecular complexity index is 1390. The Labute approximate surface area is 212 Å². The third kappa shape index (κ3) is 7.52. The van der Waals surface area contributed by atoms with Crippen molar-refractivity contribution in [3.05, 3.63) is 72.1 Å². The summed E-state index contributed by atoms with van der Waals surface area (Å²) in [6.45, 7) is 2.72. The van der Waals surface area contributed by atoms with Crippen molar-refractivity contribution in [1.82, 2.24) is 15.3 Å². The summed E-state index contributed by atoms with van der Waals surface area (Å²) in [5.41, 5.74) is 1.57. The molecule has 10 heteroatoms. The van der Waals surface area contributed by atoms with Gasteiger partial charge in [0.05, 0.1) is 23.8 Å². The van der Waals surface area contributed by atoms with Crippen LogP contribution in [0.1, 0.15) is 24.0 Å². The summed E-state index contributed by atoms with van der Waals surface area (Å²) >= 11 is 0. The lowest BCUT2D eigenvalue weighted by Gasteiger charge is -2.12. The van der Waals surface area contributed by atoms with E-state index < -0.39 is 12.1 Å². The molecule has 0 saturated heterocycles. The third-order valence-corrected chi connectivity index (χ3v) is 5.59. The fourth-order valence-electron chi connectivity index (χ4n) is 3.98. The van der Waals surface area contributed by atoms with Crippen LogP contribution in [-0.4, -0.2) is 42.6 Å². The molecule has 0 unspecified atom stereocenters. The van der Waals surface area contributed by atoms with Crippen LogP contribution in [0.4, 0.5) is 19.0 Å². The Morgan fingerprint density at radius 3 is 2.65 bits per heavy atom. The van der Waals surface area contributed by atoms with Crippen molar-refractivity contribution in [2.75, 3.05) is 31.6 Å². The maximum absolute atomic E-state index is 12.5. The summed E-state index contributed by atoms with van der Waals surface area (Å²) in [4.78, 5) is 9.00. The number of anilines is 1. The van der Waals surface area contributed by atoms with E-state index in [-0.39, 0.29) is 5.56 Å². The number of nitriles is 1. The Balaban J connectivity index is 1.15. The zero-order valence-corrected chi connectivity index (χ0v) is 20.0. The topological polar surface area (TPSA) is 92.1 Å². The number of hydrogen-bond acceptors (Lipinski definition) is 7. The molecular formula is C27H26F3N5O2. The average molecular weight is 510 g/mol. The molecule has 0 aliphatic heterocycles. The molecule has 0 amide bonds. The number of benzene rings is 2. The number of para-hydroxylation sites is 1. The van der Waals surface area contributed by atoms with E-state index in [9.17, 15) is 13.2 Å². The molecule has 4 rings (SSSR count). The first-order chi connectivity index (χ1) is 17.9. The van der Waals surface area contributed by atoms with Crippen molar-refractivity contribution in [3.63, 3.8) is 0 Å². The van der Waals surface area contributed by atoms with Gasteiger partial charge in [0.1, 0.15) is 11.6 Å². The SMILES string of the molecule is N#Cc1cc(CNCCCCOCCNc2nc3ccccc3c3cnccc23)cc(OC(F)(F)F)c1. The number of pyridine rings is 2. The van der Waals surface area contributed by atoms with E-state index in [2.05, 4.69) is 20.4 Å². The van der Waals surface area contributed by atoms with Gasteiger partial charge in [-0.15, -0.1) is 13.2 Å². The van der Waals surface area contributed by atoms with Crippen molar-refractivity contribution in [1.29, 1.82) is 5.26 Å². The first-order valence-corrected chi connectivity index (χ1v) is 11.9. The van der Waals surface area contributed by atoms with Crippen LogP contribution in [0, 0.1) is 11.3 Å². The van der Waals surface area contributed by atoms with E-state index in [1.807, 2.05) is 42.6 Å². The smallest absolute Gasteiger partial charge is 0.406 e. The van der Waals surface area contributed by atoms with Crippen molar-refractivity contribution in [3.8, 4) is 11.8 Å². The second-order valence-electron chi connectivity index (χ2n) is 8.35. The third-order valence-electron chi connectivity index (χ3n) is 5.59. The van der Waals surface area contributed by atoms with Crippen molar-refractivity contribution < 1.29 is 22.6 Å². The Hall–Kier alpha value is -3.94. The number of halogens is 3. The van der Waals surface area contributed by atoms with Gasteiger partial charge in [-0.25, -0.2) is 4.98 Å². The molecule has 7 nitrogen and oxygen atoms in total. The minimum absolute atomic E-state index is 0.115. The van der Waals surface area contributed by atoms with Crippen LogP contribution in [-0.2, 0) is 11.3 Å². The Morgan fingerprint density at radius 2 is 1.81 bits per heavy atom. The van der Waals surface area contributed by atoms with Gasteiger partial charge in [0.2, 0.25) is 0 Å². The highest BCUT2D eigenvalue weighted by Gasteiger charge is 2.31. The molecule has 2 N–H and O–H groups in total. The second-order valence-corrected chi connectivity index (χ2v) is 8.35. The van der Waals surface area contributed by atoms with Gasteiger partial charge in [-0.1, -0.05) is 18.2 Å². The van der Waals surface area contributed by atoms with Gasteiger partial charge >= 0.3 is 6.36 Å². The number of rotatable bonds is 12. The molecule has 192 valence electrons. The number of nitrogens with zero attached hydrogens (tertiary/aromatic N) is 3. The number of ether oxygens (including phenoxy) is 2. The minimum Gasteiger partial charge on any atom is -0.406 e. The van der Waals surface area contributed by atoms with E-state index >= 15 is 0 Å². The zero-order chi connectivity index (χ0) is 26.1. The van der Waals surface area contributed by atoms with Crippen molar-refractivity contribution in [2.24, 2.45) is 0 Å². The number of alkyl halides is 3. The van der Waals surface area contributed by atoms with E-state index in [4.69, 9.17) is 15.0 Å². The summed E-state index contributed by atoms with van der Waals surface area (Å²) in [5.74, 6) is 0.405. The van der Waals surface area contributed by atoms with Gasteiger partial charge in [0.15, 0.2) is 0 Å². The summed E-state index contributed by atoms with van der Waals surface area (Å²) in [5, 5.41) is 18.7. The van der Waals surface area contributed by atoms with E-state index in [0.29, 0.717) is 38.4 Å². The molecule has 2 aromatic heterocycles. The number of fused-ring (bicyclic) bond motifs is 3. The molecule has 0 aliphatic rings. The van der Waals surface area contributed by atoms with Gasteiger partial charge in [0.25, 0.3) is 0 Å². The molecule has 0 fully saturated rings. The molecular weight excluding hydrogens is 483 g/mol. The molecule has 0 saturated carbocycles. The summed E-state index contributed by atoms with van der Waals surface area (Å²) in [6.07, 6.45) is 0.470. The van der Waals surface area contributed by atoms with Gasteiger partial charge in [-0.05, 0) is 55.3 Å². The van der Waals surface area contributed by atoms with Gasteiger partial charge in [0, 0.05) is 48.2 Å². The molecule has 37 heavy (non-hydrogen) atoms. The number of aromatic nitrogens is 2. The van der Waals surface area contributed by atoms with Crippen LogP contribution in [0.5, 0.6) is 5.75 Å². The second kappa shape index (κ2) is 12.3. The summed E-state index contributed by atoms with van der Waals surface area (Å²) in [6, 6.07) is 15.7. The quantitative estimate of drug-likeness (QED) is 0.191. The first kappa shape index (κ1) is 26.1. The normalized spacial score (nSPS) is 11.5. The van der Waals surface area contributed by atoms with Crippen molar-refractivity contribution >= 4 is 27.5 Å². The fourth-order valence-corrected chi connectivity index (χ4v) is 3.98. The van der Waals surface area contributed by atoms with Crippen LogP contribution >= 0.6 is 0 Å². The largest absolute Gasteiger partial charge is 0.573 e. The lowest BCUT2D eigenvalue weighted by atomic mass is 10.1. The van der Waals surface area contributed by atoms with E-state index in [1.54, 1.807) is 6.20 Å². The van der Waals surface area contributed by atoms with Crippen LogP contribution in [0.25, 0.3) is 21.7 Å². The monoisotopic (exact) mass is 509 g/mol. The van der Waals surface area contributed by atoms with Crippen LogP contribution < -0.4 is 15.4 Å². The summed E-state index contributed by atoms with van der Waals surface area (Å²) < 4.78 is 47.1. The lowest BCUT2D eigenvalue weighted by molar-refractivity contribution is -0.274. The highest BCUT2D eigenvalue weighted by Crippen LogP contribution is 2.28. The molecule has 0 atom stereocenters. The molecule has 0 bridgehead atoms. The summed E-state index contributed by atoms with van der Waals surface area (Å²) in [7, 11) is 0. The number of nitrogens with one attached hydrogen (secondary N) is 2. The van der Waals surface area contributed by atoms with E-state index in [1.165, 1.54) is 12.1 Å². The predicted octanol–water partition coefficient (Wildman–Crippen LogP) is 5.55. The predicted molar refractivity (Wildman–Crippen MR) is 135 cm³/mol. The first-order valence-electron chi connectivity index (χ1n) is 11.9. The van der Waals surface area contributed by atoms with Crippen molar-refractivity contribution in [2.45, 2.75) is 25.7 Å². The number of unbranched alkanes of at least 4 members (excludes halogenated alkanes) is 1. The minimum atomic E-state index is -4.80. The molecule has 0 spiro atoms. The molecule has 0 radical (unpaired) electrons. The van der Waals surface area contributed by atoms with Gasteiger partial charge in [-0.3, -0.25) is 4.98 Å². The fraction of sp³-hybridized carbons (Fsp3) is 0.296. The highest BCUT2D eigenvalue weighted by atomic mass is 19.4. The molecule has 0 aliphatic carbocycles. The van der Waals surface area contributed by atoms with E-state index in [0.717, 1.165) is 46.4 Å². The molecule has 4 aromatic rings. The van der Waals surface area contributed by atoms with Gasteiger partial charge in [-0.2, -0.15) is 5.26 Å². The number of hydrogen-bond donors (Lipinski definition) is 2. The highest BCUT2D eigenvalue weighted by molar-refractivity contribution is 6.09. The maximum Gasteiger partial charge on any atom is 0.573 e. The standard InChI is InChI=1S/C27H26F3N5O2/c28-27(29,30)37-21-14-19(16-31)13-20(15-21)17-32-8-3-4-11-36-12-10-34-26-23-7-9-33-18-24(23)22-5-1-2-6-25(22)35-26/h1-2,5-7,9,13-15,18,32H,3-4,8,10-12,17H2,(H,34,35). The Kier molecular flexibility index (Phi) is 8.72. The Morgan fingerprint density at radius 1 is 0.946 bits per heavy atom. The van der Waals surface area contributed by atoms with Crippen LogP contribution in [0.2, 0.25) is 0 Å².